The lowest BCUT2D eigenvalue weighted by atomic mass is 9.81. The Kier molecular flexibility index (Phi) is 4.68. The number of esters is 1. The van der Waals surface area contributed by atoms with E-state index >= 15 is 0 Å². The van der Waals surface area contributed by atoms with Crippen molar-refractivity contribution in [3.05, 3.63) is 39.9 Å². The van der Waals surface area contributed by atoms with Crippen LogP contribution in [0.5, 0.6) is 0 Å². The Hall–Kier alpha value is -3.10. The van der Waals surface area contributed by atoms with E-state index in [2.05, 4.69) is 0 Å². The first-order valence-electron chi connectivity index (χ1n) is 9.60. The number of non-ortho nitro benzene ring substituents is 1. The van der Waals surface area contributed by atoms with Gasteiger partial charge >= 0.3 is 5.97 Å². The molecule has 1 saturated heterocycles. The molecule has 3 aliphatic rings. The minimum Gasteiger partial charge on any atom is -0.456 e. The summed E-state index contributed by atoms with van der Waals surface area (Å²) in [6.45, 7) is 0.789. The summed E-state index contributed by atoms with van der Waals surface area (Å²) in [7, 11) is 0. The van der Waals surface area contributed by atoms with E-state index in [-0.39, 0.29) is 46.7 Å². The maximum Gasteiger partial charge on any atom is 0.329 e. The number of rotatable bonds is 6. The summed E-state index contributed by atoms with van der Waals surface area (Å²) in [4.78, 5) is 61.3. The zero-order valence-electron chi connectivity index (χ0n) is 15.8. The monoisotopic (exact) mass is 400 g/mol. The van der Waals surface area contributed by atoms with Crippen LogP contribution < -0.4 is 0 Å². The zero-order valence-corrected chi connectivity index (χ0v) is 15.8. The molecule has 29 heavy (non-hydrogen) atoms. The Bertz CT molecular complexity index is 899. The molecule has 0 unspecified atom stereocenters. The van der Waals surface area contributed by atoms with Crippen molar-refractivity contribution < 1.29 is 28.8 Å². The van der Waals surface area contributed by atoms with Crippen LogP contribution in [0.1, 0.15) is 36.5 Å². The largest absolute Gasteiger partial charge is 0.456 e. The van der Waals surface area contributed by atoms with E-state index < -0.39 is 29.3 Å². The lowest BCUT2D eigenvalue weighted by Gasteiger charge is -2.22. The number of fused-ring (bicyclic) bond motifs is 5. The molecule has 5 atom stereocenters. The topological polar surface area (TPSA) is 124 Å². The minimum absolute atomic E-state index is 0.0408. The van der Waals surface area contributed by atoms with Crippen LogP contribution in [0, 0.1) is 33.8 Å². The lowest BCUT2D eigenvalue weighted by molar-refractivity contribution is -0.384. The number of carbonyl (C=O) groups excluding carboxylic acids is 4. The summed E-state index contributed by atoms with van der Waals surface area (Å²) >= 11 is 0. The predicted octanol–water partition coefficient (Wildman–Crippen LogP) is 1.74. The Morgan fingerprint density at radius 1 is 1.21 bits per heavy atom. The molecule has 1 heterocycles. The molecule has 4 rings (SSSR count). The van der Waals surface area contributed by atoms with Crippen LogP contribution in [0.4, 0.5) is 5.69 Å². The molecule has 0 aromatic heterocycles. The summed E-state index contributed by atoms with van der Waals surface area (Å²) in [5.74, 6) is -2.33. The van der Waals surface area contributed by atoms with Gasteiger partial charge in [0, 0.05) is 17.7 Å². The fraction of sp³-hybridized carbons (Fsp3) is 0.500. The Labute approximate surface area is 166 Å². The first kappa shape index (κ1) is 19.2. The maximum absolute atomic E-state index is 12.8. The van der Waals surface area contributed by atoms with Crippen molar-refractivity contribution in [1.29, 1.82) is 0 Å². The molecule has 1 aliphatic heterocycles. The van der Waals surface area contributed by atoms with Crippen molar-refractivity contribution in [2.75, 3.05) is 6.61 Å². The number of Topliss-reactive ketones (excluding diaryl/α,β-unsaturated/α-hetero) is 1. The van der Waals surface area contributed by atoms with Crippen molar-refractivity contribution in [1.82, 2.24) is 4.90 Å². The van der Waals surface area contributed by atoms with Crippen molar-refractivity contribution in [2.45, 2.75) is 32.2 Å². The fourth-order valence-electron chi connectivity index (χ4n) is 5.05. The van der Waals surface area contributed by atoms with Gasteiger partial charge in [-0.1, -0.05) is 12.1 Å². The van der Waals surface area contributed by atoms with Gasteiger partial charge in [0.15, 0.2) is 6.61 Å². The number of likely N-dealkylation sites (tertiary alicyclic amines) is 1. The molecule has 152 valence electrons. The van der Waals surface area contributed by atoms with Gasteiger partial charge in [-0.05, 0) is 38.0 Å². The number of carbonyl (C=O) groups is 4. The van der Waals surface area contributed by atoms with E-state index in [4.69, 9.17) is 4.74 Å². The summed E-state index contributed by atoms with van der Waals surface area (Å²) in [6, 6.07) is 3.99. The van der Waals surface area contributed by atoms with Gasteiger partial charge in [-0.15, -0.1) is 0 Å². The smallest absolute Gasteiger partial charge is 0.329 e. The van der Waals surface area contributed by atoms with Gasteiger partial charge < -0.3 is 4.74 Å². The average molecular weight is 400 g/mol. The van der Waals surface area contributed by atoms with Crippen LogP contribution in [-0.4, -0.2) is 46.0 Å². The predicted molar refractivity (Wildman–Crippen MR) is 97.5 cm³/mol. The molecule has 3 fully saturated rings. The molecular formula is C20H20N2O7. The number of benzene rings is 1. The van der Waals surface area contributed by atoms with Gasteiger partial charge in [0.25, 0.3) is 5.69 Å². The number of ether oxygens (including phenoxy) is 1. The number of amides is 2. The maximum atomic E-state index is 12.8. The van der Waals surface area contributed by atoms with Gasteiger partial charge in [-0.25, -0.2) is 4.79 Å². The summed E-state index contributed by atoms with van der Waals surface area (Å²) in [6.07, 6.45) is 2.78. The second kappa shape index (κ2) is 7.06. The number of imide groups is 1. The van der Waals surface area contributed by atoms with E-state index in [1.54, 1.807) is 0 Å². The molecule has 2 saturated carbocycles. The van der Waals surface area contributed by atoms with Gasteiger partial charge in [0.2, 0.25) is 17.6 Å². The van der Waals surface area contributed by atoms with Crippen LogP contribution in [0.3, 0.4) is 0 Å². The van der Waals surface area contributed by atoms with Crippen LogP contribution in [0.25, 0.3) is 0 Å². The quantitative estimate of drug-likeness (QED) is 0.234. The van der Waals surface area contributed by atoms with Gasteiger partial charge in [0.05, 0.1) is 16.8 Å². The number of nitrogens with zero attached hydrogens (tertiary/aromatic N) is 2. The fourth-order valence-corrected chi connectivity index (χ4v) is 5.05. The molecule has 2 aliphatic carbocycles. The van der Waals surface area contributed by atoms with E-state index in [0.29, 0.717) is 0 Å². The Morgan fingerprint density at radius 2 is 1.83 bits per heavy atom. The van der Waals surface area contributed by atoms with Crippen molar-refractivity contribution in [2.24, 2.45) is 23.7 Å². The number of nitro benzene ring substituents is 1. The standard InChI is InChI=1S/C20H20N2O7/c1-10(21-18(24)16-12-5-6-13(7-12)17(16)19(21)25)20(26)29-9-15(23)11-3-2-4-14(8-11)22(27)28/h2-4,8,10,12-13,16-17H,5-7,9H2,1H3/t10-,12+,13+,16+,17+/m1/s1. The number of hydrogen-bond donors (Lipinski definition) is 0. The highest BCUT2D eigenvalue weighted by Crippen LogP contribution is 2.56. The van der Waals surface area contributed by atoms with E-state index in [1.807, 2.05) is 0 Å². The van der Waals surface area contributed by atoms with Crippen LogP contribution in [0.2, 0.25) is 0 Å². The molecule has 1 aromatic rings. The number of nitro groups is 1. The van der Waals surface area contributed by atoms with E-state index in [9.17, 15) is 29.3 Å². The first-order valence-corrected chi connectivity index (χ1v) is 9.60. The SMILES string of the molecule is C[C@H](C(=O)OCC(=O)c1cccc([N+](=O)[O-])c1)N1C(=O)[C@H]2[C@H]3CC[C@@H](C3)[C@@H]2C1=O. The Morgan fingerprint density at radius 3 is 2.41 bits per heavy atom. The molecule has 2 bridgehead atoms. The van der Waals surface area contributed by atoms with Crippen LogP contribution in [-0.2, 0) is 19.1 Å². The summed E-state index contributed by atoms with van der Waals surface area (Å²) in [5.41, 5.74) is -0.205. The van der Waals surface area contributed by atoms with Crippen molar-refractivity contribution in [3.63, 3.8) is 0 Å². The molecule has 0 spiro atoms. The van der Waals surface area contributed by atoms with Crippen LogP contribution >= 0.6 is 0 Å². The molecule has 2 amide bonds. The third-order valence-electron chi connectivity index (χ3n) is 6.41. The molecule has 1 aromatic carbocycles. The average Bonchev–Trinajstić information content (AvgIpc) is 3.39. The highest BCUT2D eigenvalue weighted by atomic mass is 16.6. The molecule has 0 radical (unpaired) electrons. The molecule has 9 heteroatoms. The van der Waals surface area contributed by atoms with Crippen molar-refractivity contribution >= 4 is 29.3 Å². The third kappa shape index (κ3) is 3.10. The summed E-state index contributed by atoms with van der Waals surface area (Å²) in [5, 5.41) is 10.8. The molecular weight excluding hydrogens is 380 g/mol. The number of hydrogen-bond acceptors (Lipinski definition) is 7. The van der Waals surface area contributed by atoms with E-state index in [0.717, 1.165) is 30.2 Å². The lowest BCUT2D eigenvalue weighted by Crippen LogP contribution is -2.45. The molecule has 9 nitrogen and oxygen atoms in total. The van der Waals surface area contributed by atoms with E-state index in [1.165, 1.54) is 25.1 Å². The Balaban J connectivity index is 1.39. The van der Waals surface area contributed by atoms with Gasteiger partial charge in [-0.3, -0.25) is 29.4 Å². The highest BCUT2D eigenvalue weighted by Gasteiger charge is 2.62. The zero-order chi connectivity index (χ0) is 20.9. The first-order chi connectivity index (χ1) is 13.8. The normalized spacial score (nSPS) is 28.4. The summed E-state index contributed by atoms with van der Waals surface area (Å²) < 4.78 is 5.02. The minimum atomic E-state index is -1.11. The second-order valence-corrected chi connectivity index (χ2v) is 7.95. The van der Waals surface area contributed by atoms with Gasteiger partial charge in [0.1, 0.15) is 6.04 Å². The number of ketones is 1. The highest BCUT2D eigenvalue weighted by molar-refractivity contribution is 6.08. The van der Waals surface area contributed by atoms with Gasteiger partial charge in [-0.2, -0.15) is 0 Å². The third-order valence-corrected chi connectivity index (χ3v) is 6.41. The van der Waals surface area contributed by atoms with Crippen molar-refractivity contribution in [3.8, 4) is 0 Å². The molecule has 0 N–H and O–H groups in total. The van der Waals surface area contributed by atoms with Crippen LogP contribution in [0.15, 0.2) is 24.3 Å². The second-order valence-electron chi connectivity index (χ2n) is 7.95.